The van der Waals surface area contributed by atoms with Gasteiger partial charge in [-0.25, -0.2) is 10.2 Å². The molecule has 0 radical (unpaired) electrons. The minimum absolute atomic E-state index is 0.124. The molecule has 0 unspecified atom stereocenters. The fraction of sp³-hybridized carbons (Fsp3) is 0.333. The summed E-state index contributed by atoms with van der Waals surface area (Å²) < 4.78 is 6.45. The topological polar surface area (TPSA) is 97.7 Å². The van der Waals surface area contributed by atoms with Crippen LogP contribution in [0.4, 0.5) is 5.82 Å². The fourth-order valence-corrected chi connectivity index (χ4v) is 0.830. The van der Waals surface area contributed by atoms with Gasteiger partial charge in [-0.1, -0.05) is 0 Å². The van der Waals surface area contributed by atoms with E-state index in [0.717, 1.165) is 0 Å². The Hall–Kier alpha value is -1.76. The summed E-state index contributed by atoms with van der Waals surface area (Å²) in [5.41, 5.74) is 6.90. The van der Waals surface area contributed by atoms with Gasteiger partial charge in [-0.05, 0) is 0 Å². The number of hydrogen-bond acceptors (Lipinski definition) is 4. The van der Waals surface area contributed by atoms with Gasteiger partial charge in [0, 0.05) is 13.1 Å². The molecule has 0 fully saturated rings. The Morgan fingerprint density at radius 2 is 2.54 bits per heavy atom. The molecule has 0 saturated heterocycles. The Kier molecular flexibility index (Phi) is 2.70. The number of aromatic nitrogens is 2. The summed E-state index contributed by atoms with van der Waals surface area (Å²) in [6, 6.07) is 1.59. The molecule has 13 heavy (non-hydrogen) atoms. The lowest BCUT2D eigenvalue weighted by atomic mass is 10.6. The molecule has 0 aromatic carbocycles. The largest absolute Gasteiger partial charge is 0.481 e. The van der Waals surface area contributed by atoms with Crippen LogP contribution in [0.2, 0.25) is 0 Å². The van der Waals surface area contributed by atoms with E-state index in [1.54, 1.807) is 18.6 Å². The van der Waals surface area contributed by atoms with Gasteiger partial charge >= 0.3 is 0 Å². The lowest BCUT2D eigenvalue weighted by Crippen LogP contribution is -2.27. The predicted octanol–water partition coefficient (Wildman–Crippen LogP) is -0.646. The zero-order valence-corrected chi connectivity index (χ0v) is 7.35. The van der Waals surface area contributed by atoms with Crippen molar-refractivity contribution in [3.8, 4) is 5.88 Å². The Balaban J connectivity index is 2.91. The molecule has 0 aliphatic rings. The second-order valence-corrected chi connectivity index (χ2v) is 2.28. The first-order valence-corrected chi connectivity index (χ1v) is 3.49. The molecule has 1 aromatic rings. The first-order chi connectivity index (χ1) is 6.17. The number of rotatable bonds is 2. The van der Waals surface area contributed by atoms with Crippen LogP contribution in [0.15, 0.2) is 11.1 Å². The summed E-state index contributed by atoms with van der Waals surface area (Å²) in [7, 11) is 3.23. The molecule has 0 aliphatic heterocycles. The van der Waals surface area contributed by atoms with Crippen LogP contribution in [-0.4, -0.2) is 28.1 Å². The van der Waals surface area contributed by atoms with Gasteiger partial charge in [-0.15, -0.1) is 5.10 Å². The van der Waals surface area contributed by atoms with Crippen LogP contribution >= 0.6 is 0 Å². The highest BCUT2D eigenvalue weighted by molar-refractivity contribution is 5.79. The Labute approximate surface area is 74.8 Å². The average Bonchev–Trinajstić information content (AvgIpc) is 2.46. The molecule has 7 nitrogen and oxygen atoms in total. The maximum absolute atomic E-state index is 8.36. The third-order valence-electron chi connectivity index (χ3n) is 1.38. The van der Waals surface area contributed by atoms with E-state index in [1.807, 2.05) is 0 Å². The van der Waals surface area contributed by atoms with Crippen molar-refractivity contribution in [1.29, 1.82) is 0 Å². The summed E-state index contributed by atoms with van der Waals surface area (Å²) in [6.45, 7) is 0. The molecule has 1 aromatic heterocycles. The molecule has 1 heterocycles. The number of hydrogen-bond donors (Lipinski definition) is 3. The minimum atomic E-state index is -0.124. The minimum Gasteiger partial charge on any atom is -0.481 e. The average molecular weight is 185 g/mol. The van der Waals surface area contributed by atoms with E-state index in [-0.39, 0.29) is 5.96 Å². The maximum Gasteiger partial charge on any atom is 0.219 e. The summed E-state index contributed by atoms with van der Waals surface area (Å²) in [4.78, 5) is 3.73. The van der Waals surface area contributed by atoms with E-state index in [4.69, 9.17) is 15.7 Å². The smallest absolute Gasteiger partial charge is 0.219 e. The van der Waals surface area contributed by atoms with Gasteiger partial charge in [-0.3, -0.25) is 5.21 Å². The third kappa shape index (κ3) is 2.09. The van der Waals surface area contributed by atoms with Crippen LogP contribution in [0.3, 0.4) is 0 Å². The number of hydroxylamine groups is 1. The molecule has 7 heteroatoms. The van der Waals surface area contributed by atoms with Gasteiger partial charge in [0.05, 0.1) is 7.11 Å². The van der Waals surface area contributed by atoms with Gasteiger partial charge in [-0.2, -0.15) is 4.99 Å². The summed E-state index contributed by atoms with van der Waals surface area (Å²) >= 11 is 0. The molecule has 1 rings (SSSR count). The summed E-state index contributed by atoms with van der Waals surface area (Å²) in [5, 5.41) is 12.3. The third-order valence-corrected chi connectivity index (χ3v) is 1.38. The van der Waals surface area contributed by atoms with E-state index in [1.165, 1.54) is 11.8 Å². The maximum atomic E-state index is 8.36. The number of aliphatic imine (C=N–C) groups is 1. The second-order valence-electron chi connectivity index (χ2n) is 2.28. The lowest BCUT2D eigenvalue weighted by molar-refractivity contribution is 0.233. The molecule has 0 bridgehead atoms. The van der Waals surface area contributed by atoms with Crippen molar-refractivity contribution in [1.82, 2.24) is 15.3 Å². The van der Waals surface area contributed by atoms with Crippen LogP contribution < -0.4 is 16.0 Å². The number of aryl methyl sites for hydroxylation is 1. The van der Waals surface area contributed by atoms with Gasteiger partial charge in [0.25, 0.3) is 0 Å². The van der Waals surface area contributed by atoms with Gasteiger partial charge in [0.15, 0.2) is 5.82 Å². The zero-order chi connectivity index (χ0) is 9.84. The van der Waals surface area contributed by atoms with Crippen molar-refractivity contribution in [3.05, 3.63) is 6.07 Å². The van der Waals surface area contributed by atoms with Crippen LogP contribution in [0.5, 0.6) is 5.88 Å². The van der Waals surface area contributed by atoms with E-state index >= 15 is 0 Å². The molecule has 0 aliphatic carbocycles. The van der Waals surface area contributed by atoms with E-state index in [0.29, 0.717) is 11.7 Å². The number of guanidine groups is 1. The SMILES string of the molecule is COc1cc(N=C(N)NO)nn1C. The van der Waals surface area contributed by atoms with Crippen LogP contribution in [0.1, 0.15) is 0 Å². The second kappa shape index (κ2) is 3.76. The van der Waals surface area contributed by atoms with Crippen LogP contribution in [0.25, 0.3) is 0 Å². The molecule has 0 atom stereocenters. The molecule has 0 spiro atoms. The van der Waals surface area contributed by atoms with E-state index in [2.05, 4.69) is 10.1 Å². The van der Waals surface area contributed by atoms with Crippen molar-refractivity contribution in [2.75, 3.05) is 7.11 Å². The quantitative estimate of drug-likeness (QED) is 0.323. The number of nitrogens with two attached hydrogens (primary N) is 1. The normalized spacial score (nSPS) is 11.5. The summed E-state index contributed by atoms with van der Waals surface area (Å²) in [6.07, 6.45) is 0. The molecular formula is C6H11N5O2. The number of ether oxygens (including phenoxy) is 1. The van der Waals surface area contributed by atoms with Crippen molar-refractivity contribution >= 4 is 11.8 Å². The zero-order valence-electron chi connectivity index (χ0n) is 7.35. The van der Waals surface area contributed by atoms with E-state index in [9.17, 15) is 0 Å². The molecule has 0 amide bonds. The van der Waals surface area contributed by atoms with Crippen molar-refractivity contribution < 1.29 is 9.94 Å². The fourth-order valence-electron chi connectivity index (χ4n) is 0.830. The first-order valence-electron chi connectivity index (χ1n) is 3.49. The number of methoxy groups -OCH3 is 1. The summed E-state index contributed by atoms with van der Waals surface area (Å²) in [5.74, 6) is 0.795. The lowest BCUT2D eigenvalue weighted by Gasteiger charge is -1.95. The van der Waals surface area contributed by atoms with Crippen molar-refractivity contribution in [3.63, 3.8) is 0 Å². The molecule has 4 N–H and O–H groups in total. The number of nitrogens with zero attached hydrogens (tertiary/aromatic N) is 3. The highest BCUT2D eigenvalue weighted by Crippen LogP contribution is 2.17. The standard InChI is InChI=1S/C6H11N5O2/c1-11-5(13-2)3-4(9-11)8-6(7)10-12/h3,12H,1-2H3,(H3,7,8,9,10). The molecule has 0 saturated carbocycles. The Morgan fingerprint density at radius 1 is 1.85 bits per heavy atom. The number of nitrogens with one attached hydrogen (secondary N) is 1. The molecular weight excluding hydrogens is 174 g/mol. The van der Waals surface area contributed by atoms with Gasteiger partial charge in [0.2, 0.25) is 11.8 Å². The molecule has 72 valence electrons. The monoisotopic (exact) mass is 185 g/mol. The van der Waals surface area contributed by atoms with E-state index < -0.39 is 0 Å². The first kappa shape index (κ1) is 9.33. The Morgan fingerprint density at radius 3 is 3.00 bits per heavy atom. The van der Waals surface area contributed by atoms with Crippen LogP contribution in [-0.2, 0) is 7.05 Å². The van der Waals surface area contributed by atoms with Gasteiger partial charge in [0.1, 0.15) is 0 Å². The highest BCUT2D eigenvalue weighted by Gasteiger charge is 2.03. The van der Waals surface area contributed by atoms with Gasteiger partial charge < -0.3 is 10.5 Å². The Bertz CT molecular complexity index is 319. The van der Waals surface area contributed by atoms with Crippen molar-refractivity contribution in [2.45, 2.75) is 0 Å². The highest BCUT2D eigenvalue weighted by atomic mass is 16.5. The predicted molar refractivity (Wildman–Crippen MR) is 46.0 cm³/mol. The van der Waals surface area contributed by atoms with Crippen molar-refractivity contribution in [2.24, 2.45) is 17.8 Å². The van der Waals surface area contributed by atoms with Crippen LogP contribution in [0, 0.1) is 0 Å².